The number of rotatable bonds is 6. The summed E-state index contributed by atoms with van der Waals surface area (Å²) >= 11 is 0. The summed E-state index contributed by atoms with van der Waals surface area (Å²) in [5.74, 6) is 0.875. The summed E-state index contributed by atoms with van der Waals surface area (Å²) in [6.45, 7) is 2.94. The van der Waals surface area contributed by atoms with Gasteiger partial charge >= 0.3 is 6.18 Å². The molecule has 35 heavy (non-hydrogen) atoms. The van der Waals surface area contributed by atoms with Gasteiger partial charge in [0.1, 0.15) is 11.2 Å². The Balaban J connectivity index is 1.32. The molecule has 0 spiro atoms. The molecule has 0 aromatic carbocycles. The van der Waals surface area contributed by atoms with Crippen molar-refractivity contribution in [3.8, 4) is 0 Å². The van der Waals surface area contributed by atoms with Crippen LogP contribution in [0.2, 0.25) is 0 Å². The van der Waals surface area contributed by atoms with Crippen molar-refractivity contribution in [3.63, 3.8) is 0 Å². The summed E-state index contributed by atoms with van der Waals surface area (Å²) < 4.78 is 68.3. The van der Waals surface area contributed by atoms with Gasteiger partial charge in [-0.15, -0.1) is 0 Å². The van der Waals surface area contributed by atoms with E-state index < -0.39 is 18.3 Å². The Hall–Kier alpha value is -3.77. The van der Waals surface area contributed by atoms with Crippen LogP contribution in [-0.2, 0) is 25.8 Å². The van der Waals surface area contributed by atoms with Crippen molar-refractivity contribution in [1.29, 1.82) is 0 Å². The van der Waals surface area contributed by atoms with Crippen LogP contribution >= 0.6 is 0 Å². The predicted molar refractivity (Wildman–Crippen MR) is 118 cm³/mol. The van der Waals surface area contributed by atoms with Gasteiger partial charge in [0.05, 0.1) is 24.0 Å². The fraction of sp³-hybridized carbons (Fsp3) is 0.364. The van der Waals surface area contributed by atoms with Crippen LogP contribution < -0.4 is 10.2 Å². The first-order chi connectivity index (χ1) is 16.6. The molecule has 1 unspecified atom stereocenters. The molecule has 184 valence electrons. The lowest BCUT2D eigenvalue weighted by Crippen LogP contribution is -2.37. The van der Waals surface area contributed by atoms with Crippen LogP contribution in [0.5, 0.6) is 0 Å². The van der Waals surface area contributed by atoms with Gasteiger partial charge in [0.25, 0.3) is 6.43 Å². The minimum absolute atomic E-state index is 0.0173. The maximum Gasteiger partial charge on any atom is 0.433 e. The molecule has 1 N–H and O–H groups in total. The molecule has 0 radical (unpaired) electrons. The third-order valence-corrected chi connectivity index (χ3v) is 6.02. The first-order valence-corrected chi connectivity index (χ1v) is 10.8. The quantitative estimate of drug-likeness (QED) is 0.400. The van der Waals surface area contributed by atoms with Crippen LogP contribution in [0.15, 0.2) is 36.8 Å². The van der Waals surface area contributed by atoms with E-state index in [-0.39, 0.29) is 18.3 Å². The molecule has 13 heteroatoms. The van der Waals surface area contributed by atoms with Gasteiger partial charge in [-0.05, 0) is 24.6 Å². The van der Waals surface area contributed by atoms with E-state index in [0.717, 1.165) is 11.6 Å². The summed E-state index contributed by atoms with van der Waals surface area (Å²) in [5, 5.41) is 7.35. The highest BCUT2D eigenvalue weighted by Gasteiger charge is 2.32. The van der Waals surface area contributed by atoms with Gasteiger partial charge in [0, 0.05) is 44.1 Å². The van der Waals surface area contributed by atoms with E-state index in [1.807, 2.05) is 18.9 Å². The number of anilines is 2. The summed E-state index contributed by atoms with van der Waals surface area (Å²) in [7, 11) is 1.87. The smallest absolute Gasteiger partial charge is 0.353 e. The third kappa shape index (κ3) is 4.37. The van der Waals surface area contributed by atoms with Gasteiger partial charge in [-0.25, -0.2) is 13.8 Å². The third-order valence-electron chi connectivity index (χ3n) is 6.02. The Kier molecular flexibility index (Phi) is 5.56. The summed E-state index contributed by atoms with van der Waals surface area (Å²) in [4.78, 5) is 14.4. The van der Waals surface area contributed by atoms with E-state index in [1.54, 1.807) is 21.6 Å². The number of hydrogen-bond donors (Lipinski definition) is 1. The van der Waals surface area contributed by atoms with Crippen LogP contribution in [0.1, 0.15) is 35.9 Å². The minimum atomic E-state index is -4.48. The van der Waals surface area contributed by atoms with Crippen LogP contribution in [0.3, 0.4) is 0 Å². The lowest BCUT2D eigenvalue weighted by atomic mass is 10.2. The normalized spacial score (nSPS) is 15.9. The van der Waals surface area contributed by atoms with Crippen LogP contribution in [0.4, 0.5) is 33.7 Å². The Labute approximate surface area is 196 Å². The lowest BCUT2D eigenvalue weighted by Gasteiger charge is -2.32. The SMILES string of the molecule is CC1Cn2c(C(F)F)cc3nc(NCc4cnn(Cc5ccc(C(F)(F)F)nc5)c4)nc(c32)N1C. The van der Waals surface area contributed by atoms with Gasteiger partial charge < -0.3 is 14.8 Å². The average molecular weight is 492 g/mol. The largest absolute Gasteiger partial charge is 0.433 e. The highest BCUT2D eigenvalue weighted by atomic mass is 19.4. The van der Waals surface area contributed by atoms with Crippen molar-refractivity contribution in [3.05, 3.63) is 59.3 Å². The first kappa shape index (κ1) is 23.0. The van der Waals surface area contributed by atoms with Gasteiger partial charge in [-0.2, -0.15) is 23.3 Å². The summed E-state index contributed by atoms with van der Waals surface area (Å²) in [6.07, 6.45) is -2.56. The summed E-state index contributed by atoms with van der Waals surface area (Å²) in [5.41, 5.74) is 1.37. The molecule has 1 aliphatic heterocycles. The van der Waals surface area contributed by atoms with Crippen LogP contribution in [0, 0.1) is 0 Å². The standard InChI is InChI=1S/C22H21F5N8/c1-12-9-35-16(19(23)24)5-15-18(35)20(33(12)2)32-21(31-15)29-7-14-8-30-34(11-14)10-13-3-4-17(28-6-13)22(25,26)27/h3-6,8,11-12,19H,7,9-10H2,1-2H3,(H,29,31,32). The fourth-order valence-electron chi connectivity index (χ4n) is 4.10. The molecule has 5 rings (SSSR count). The van der Waals surface area contributed by atoms with E-state index in [4.69, 9.17) is 0 Å². The maximum atomic E-state index is 13.6. The average Bonchev–Trinajstić information content (AvgIpc) is 3.40. The van der Waals surface area contributed by atoms with Crippen molar-refractivity contribution < 1.29 is 22.0 Å². The van der Waals surface area contributed by atoms with Gasteiger partial charge in [0.15, 0.2) is 5.82 Å². The molecule has 1 atom stereocenters. The minimum Gasteiger partial charge on any atom is -0.353 e. The van der Waals surface area contributed by atoms with E-state index in [9.17, 15) is 22.0 Å². The first-order valence-electron chi connectivity index (χ1n) is 10.8. The Morgan fingerprint density at radius 2 is 1.94 bits per heavy atom. The number of nitrogens with zero attached hydrogens (tertiary/aromatic N) is 7. The molecule has 0 saturated carbocycles. The number of alkyl halides is 5. The van der Waals surface area contributed by atoms with Crippen molar-refractivity contribution in [2.24, 2.45) is 0 Å². The van der Waals surface area contributed by atoms with Crippen molar-refractivity contribution >= 4 is 22.8 Å². The Morgan fingerprint density at radius 1 is 1.14 bits per heavy atom. The second kappa shape index (κ2) is 8.47. The second-order valence-corrected chi connectivity index (χ2v) is 8.49. The number of halogens is 5. The Morgan fingerprint density at radius 3 is 2.63 bits per heavy atom. The lowest BCUT2D eigenvalue weighted by molar-refractivity contribution is -0.141. The van der Waals surface area contributed by atoms with Gasteiger partial charge in [0.2, 0.25) is 5.95 Å². The number of hydrogen-bond acceptors (Lipinski definition) is 6. The number of likely N-dealkylation sites (N-methyl/N-ethyl adjacent to an activating group) is 1. The van der Waals surface area contributed by atoms with E-state index in [0.29, 0.717) is 41.5 Å². The second-order valence-electron chi connectivity index (χ2n) is 8.49. The topological polar surface area (TPSA) is 76.7 Å². The van der Waals surface area contributed by atoms with Crippen molar-refractivity contribution in [2.45, 2.75) is 45.2 Å². The zero-order valence-corrected chi connectivity index (χ0v) is 18.8. The molecule has 0 aliphatic carbocycles. The molecule has 4 aromatic heterocycles. The van der Waals surface area contributed by atoms with Gasteiger partial charge in [-0.1, -0.05) is 6.07 Å². The van der Waals surface area contributed by atoms with Crippen molar-refractivity contribution in [2.75, 3.05) is 17.3 Å². The number of nitrogens with one attached hydrogen (secondary N) is 1. The fourth-order valence-corrected chi connectivity index (χ4v) is 4.10. The van der Waals surface area contributed by atoms with Crippen LogP contribution in [0.25, 0.3) is 11.0 Å². The zero-order chi connectivity index (χ0) is 24.9. The molecule has 5 heterocycles. The summed E-state index contributed by atoms with van der Waals surface area (Å²) in [6, 6.07) is 3.68. The Bertz CT molecular complexity index is 1360. The highest BCUT2D eigenvalue weighted by molar-refractivity contribution is 5.90. The van der Waals surface area contributed by atoms with Crippen molar-refractivity contribution in [1.82, 2.24) is 29.3 Å². The molecule has 0 amide bonds. The molecule has 0 saturated heterocycles. The molecule has 0 bridgehead atoms. The monoisotopic (exact) mass is 492 g/mol. The molecule has 4 aromatic rings. The predicted octanol–water partition coefficient (Wildman–Crippen LogP) is 4.48. The van der Waals surface area contributed by atoms with E-state index >= 15 is 0 Å². The number of pyridine rings is 1. The molecular weight excluding hydrogens is 471 g/mol. The van der Waals surface area contributed by atoms with E-state index in [1.165, 1.54) is 18.3 Å². The highest BCUT2D eigenvalue weighted by Crippen LogP contribution is 2.36. The molecule has 0 fully saturated rings. The molecule has 8 nitrogen and oxygen atoms in total. The number of aromatic nitrogens is 6. The van der Waals surface area contributed by atoms with Gasteiger partial charge in [-0.3, -0.25) is 9.67 Å². The van der Waals surface area contributed by atoms with E-state index in [2.05, 4.69) is 25.4 Å². The maximum absolute atomic E-state index is 13.6. The van der Waals surface area contributed by atoms with Crippen LogP contribution in [-0.4, -0.2) is 42.4 Å². The molecule has 1 aliphatic rings. The molecular formula is C22H21F5N8. The zero-order valence-electron chi connectivity index (χ0n) is 18.8.